The van der Waals surface area contributed by atoms with E-state index < -0.39 is 0 Å². The molecule has 0 aromatic rings. The van der Waals surface area contributed by atoms with E-state index >= 15 is 0 Å². The van der Waals surface area contributed by atoms with Crippen molar-refractivity contribution >= 4 is 11.8 Å². The van der Waals surface area contributed by atoms with Crippen LogP contribution in [0, 0.1) is 11.3 Å². The molecule has 4 nitrogen and oxygen atoms in total. The van der Waals surface area contributed by atoms with Gasteiger partial charge in [0, 0.05) is 6.54 Å². The number of amides is 2. The summed E-state index contributed by atoms with van der Waals surface area (Å²) in [5.74, 6) is 0.712. The molecular weight excluding hydrogens is 240 g/mol. The molecule has 0 aromatic carbocycles. The normalized spacial score (nSPS) is 29.2. The summed E-state index contributed by atoms with van der Waals surface area (Å²) in [5.41, 5.74) is -0.220. The topological polar surface area (TPSA) is 49.4 Å². The van der Waals surface area contributed by atoms with Crippen molar-refractivity contribution in [3.8, 4) is 0 Å². The van der Waals surface area contributed by atoms with Gasteiger partial charge in [-0.05, 0) is 30.6 Å². The van der Waals surface area contributed by atoms with Crippen LogP contribution in [0.4, 0.5) is 0 Å². The van der Waals surface area contributed by atoms with Gasteiger partial charge in [0.2, 0.25) is 11.8 Å². The van der Waals surface area contributed by atoms with Gasteiger partial charge in [-0.25, -0.2) is 0 Å². The predicted molar refractivity (Wildman–Crippen MR) is 74.5 cm³/mol. The molecule has 1 N–H and O–H groups in total. The first-order chi connectivity index (χ1) is 8.84. The number of hydrogen-bond acceptors (Lipinski definition) is 2. The lowest BCUT2D eigenvalue weighted by atomic mass is 9.80. The van der Waals surface area contributed by atoms with Gasteiger partial charge in [0.25, 0.3) is 0 Å². The fourth-order valence-electron chi connectivity index (χ4n) is 3.07. The monoisotopic (exact) mass is 266 g/mol. The molecule has 1 aliphatic heterocycles. The number of piperazine rings is 1. The van der Waals surface area contributed by atoms with Gasteiger partial charge in [-0.2, -0.15) is 0 Å². The molecule has 1 heterocycles. The Kier molecular flexibility index (Phi) is 3.88. The average molecular weight is 266 g/mol. The van der Waals surface area contributed by atoms with E-state index in [0.29, 0.717) is 12.3 Å². The van der Waals surface area contributed by atoms with Gasteiger partial charge in [0.15, 0.2) is 0 Å². The molecule has 2 fully saturated rings. The maximum atomic E-state index is 12.5. The zero-order valence-corrected chi connectivity index (χ0v) is 12.5. The molecule has 2 unspecified atom stereocenters. The smallest absolute Gasteiger partial charge is 0.245 e. The molecular formula is C15H26N2O2. The first-order valence-electron chi connectivity index (χ1n) is 7.45. The third-order valence-corrected chi connectivity index (χ3v) is 4.37. The lowest BCUT2D eigenvalue weighted by Crippen LogP contribution is -2.67. The van der Waals surface area contributed by atoms with Crippen LogP contribution >= 0.6 is 0 Å². The standard InChI is InChI=1S/C15H26N2O2/c1-5-11-14(19)17(9-10-7-6-8-10)12(13(18)16-11)15(2,3)4/h10-12H,5-9H2,1-4H3,(H,16,18). The van der Waals surface area contributed by atoms with Crippen LogP contribution in [-0.4, -0.2) is 35.3 Å². The highest BCUT2D eigenvalue weighted by Gasteiger charge is 2.46. The number of nitrogens with one attached hydrogen (secondary N) is 1. The maximum Gasteiger partial charge on any atom is 0.245 e. The van der Waals surface area contributed by atoms with Gasteiger partial charge >= 0.3 is 0 Å². The summed E-state index contributed by atoms with van der Waals surface area (Å²) in [4.78, 5) is 26.8. The Morgan fingerprint density at radius 3 is 2.32 bits per heavy atom. The van der Waals surface area contributed by atoms with Gasteiger partial charge in [-0.3, -0.25) is 9.59 Å². The van der Waals surface area contributed by atoms with Gasteiger partial charge in [0.1, 0.15) is 12.1 Å². The lowest BCUT2D eigenvalue weighted by molar-refractivity contribution is -0.155. The first-order valence-corrected chi connectivity index (χ1v) is 7.45. The number of carbonyl (C=O) groups excluding carboxylic acids is 2. The Morgan fingerprint density at radius 2 is 1.89 bits per heavy atom. The van der Waals surface area contributed by atoms with Crippen molar-refractivity contribution in [2.75, 3.05) is 6.54 Å². The van der Waals surface area contributed by atoms with E-state index in [9.17, 15) is 9.59 Å². The first kappa shape index (κ1) is 14.4. The Labute approximate surface area is 115 Å². The third kappa shape index (κ3) is 2.77. The summed E-state index contributed by atoms with van der Waals surface area (Å²) in [6, 6.07) is -0.658. The molecule has 1 aliphatic carbocycles. The van der Waals surface area contributed by atoms with Gasteiger partial charge in [0.05, 0.1) is 0 Å². The zero-order valence-electron chi connectivity index (χ0n) is 12.5. The number of hydrogen-bond donors (Lipinski definition) is 1. The van der Waals surface area contributed by atoms with E-state index in [1.165, 1.54) is 19.3 Å². The SMILES string of the molecule is CCC1NC(=O)C(C(C)(C)C)N(CC2CCC2)C1=O. The van der Waals surface area contributed by atoms with E-state index in [0.717, 1.165) is 6.54 Å². The average Bonchev–Trinajstić information content (AvgIpc) is 2.25. The Balaban J connectivity index is 2.22. The largest absolute Gasteiger partial charge is 0.342 e. The Bertz CT molecular complexity index is 369. The van der Waals surface area contributed by atoms with Crippen LogP contribution in [0.15, 0.2) is 0 Å². The van der Waals surface area contributed by atoms with E-state index in [1.807, 2.05) is 32.6 Å². The van der Waals surface area contributed by atoms with Crippen LogP contribution < -0.4 is 5.32 Å². The van der Waals surface area contributed by atoms with Crippen molar-refractivity contribution in [3.63, 3.8) is 0 Å². The molecule has 108 valence electrons. The van der Waals surface area contributed by atoms with Crippen LogP contribution in [0.25, 0.3) is 0 Å². The quantitative estimate of drug-likeness (QED) is 0.848. The Hall–Kier alpha value is -1.06. The van der Waals surface area contributed by atoms with E-state index in [1.54, 1.807) is 0 Å². The van der Waals surface area contributed by atoms with Crippen LogP contribution in [0.3, 0.4) is 0 Å². The summed E-state index contributed by atoms with van der Waals surface area (Å²) in [6.45, 7) is 8.80. The minimum atomic E-state index is -0.330. The van der Waals surface area contributed by atoms with Crippen LogP contribution in [0.2, 0.25) is 0 Å². The maximum absolute atomic E-state index is 12.5. The van der Waals surface area contributed by atoms with Crippen molar-refractivity contribution in [2.24, 2.45) is 11.3 Å². The third-order valence-electron chi connectivity index (χ3n) is 4.37. The van der Waals surface area contributed by atoms with Crippen molar-refractivity contribution in [3.05, 3.63) is 0 Å². The molecule has 2 amide bonds. The highest BCUT2D eigenvalue weighted by Crippen LogP contribution is 2.33. The predicted octanol–water partition coefficient (Wildman–Crippen LogP) is 1.94. The molecule has 0 aromatic heterocycles. The second-order valence-electron chi connectivity index (χ2n) is 7.03. The molecule has 0 bridgehead atoms. The summed E-state index contributed by atoms with van der Waals surface area (Å²) >= 11 is 0. The van der Waals surface area contributed by atoms with Gasteiger partial charge < -0.3 is 10.2 Å². The van der Waals surface area contributed by atoms with Crippen LogP contribution in [-0.2, 0) is 9.59 Å². The zero-order chi connectivity index (χ0) is 14.2. The van der Waals surface area contributed by atoms with Crippen molar-refractivity contribution < 1.29 is 9.59 Å². The molecule has 1 saturated heterocycles. The summed E-state index contributed by atoms with van der Waals surface area (Å²) in [5, 5.41) is 2.88. The second-order valence-corrected chi connectivity index (χ2v) is 7.03. The summed E-state index contributed by atoms with van der Waals surface area (Å²) in [6.07, 6.45) is 4.32. The fourth-order valence-corrected chi connectivity index (χ4v) is 3.07. The lowest BCUT2D eigenvalue weighted by Gasteiger charge is -2.46. The molecule has 2 aliphatic rings. The molecule has 2 rings (SSSR count). The van der Waals surface area contributed by atoms with Crippen molar-refractivity contribution in [1.29, 1.82) is 0 Å². The van der Waals surface area contributed by atoms with E-state index in [4.69, 9.17) is 0 Å². The van der Waals surface area contributed by atoms with Gasteiger partial charge in [-0.15, -0.1) is 0 Å². The highest BCUT2D eigenvalue weighted by molar-refractivity contribution is 5.97. The number of carbonyl (C=O) groups is 2. The minimum Gasteiger partial charge on any atom is -0.342 e. The van der Waals surface area contributed by atoms with Crippen LogP contribution in [0.1, 0.15) is 53.4 Å². The molecule has 4 heteroatoms. The molecule has 0 radical (unpaired) electrons. The summed E-state index contributed by atoms with van der Waals surface area (Å²) < 4.78 is 0. The molecule has 2 atom stereocenters. The molecule has 19 heavy (non-hydrogen) atoms. The van der Waals surface area contributed by atoms with E-state index in [-0.39, 0.29) is 29.3 Å². The fraction of sp³-hybridized carbons (Fsp3) is 0.867. The minimum absolute atomic E-state index is 0.0123. The second kappa shape index (κ2) is 5.14. The van der Waals surface area contributed by atoms with Gasteiger partial charge in [-0.1, -0.05) is 34.1 Å². The molecule has 0 spiro atoms. The van der Waals surface area contributed by atoms with Crippen molar-refractivity contribution in [2.45, 2.75) is 65.5 Å². The Morgan fingerprint density at radius 1 is 1.26 bits per heavy atom. The molecule has 1 saturated carbocycles. The number of nitrogens with zero attached hydrogens (tertiary/aromatic N) is 1. The van der Waals surface area contributed by atoms with E-state index in [2.05, 4.69) is 5.32 Å². The summed E-state index contributed by atoms with van der Waals surface area (Å²) in [7, 11) is 0. The number of rotatable bonds is 3. The van der Waals surface area contributed by atoms with Crippen LogP contribution in [0.5, 0.6) is 0 Å². The van der Waals surface area contributed by atoms with Crippen molar-refractivity contribution in [1.82, 2.24) is 10.2 Å². The highest BCUT2D eigenvalue weighted by atomic mass is 16.2.